The number of hydrogen-bond donors (Lipinski definition) is 2. The molecule has 0 aliphatic heterocycles. The van der Waals surface area contributed by atoms with Crippen molar-refractivity contribution in [1.29, 1.82) is 0 Å². The summed E-state index contributed by atoms with van der Waals surface area (Å²) < 4.78 is 4.84. The minimum atomic E-state index is -1.03. The van der Waals surface area contributed by atoms with Gasteiger partial charge in [-0.25, -0.2) is 4.79 Å². The van der Waals surface area contributed by atoms with Gasteiger partial charge in [-0.15, -0.1) is 0 Å². The molecule has 0 bridgehead atoms. The molecular formula is C13H18O4. The van der Waals surface area contributed by atoms with Crippen LogP contribution in [0.3, 0.4) is 0 Å². The lowest BCUT2D eigenvalue weighted by atomic mass is 10.0. The summed E-state index contributed by atoms with van der Waals surface area (Å²) in [6.45, 7) is 1.73. The highest BCUT2D eigenvalue weighted by atomic mass is 16.5. The Morgan fingerprint density at radius 2 is 2.00 bits per heavy atom. The molecule has 0 aliphatic rings. The predicted octanol–water partition coefficient (Wildman–Crippen LogP) is 1.77. The van der Waals surface area contributed by atoms with Crippen molar-refractivity contribution in [1.82, 2.24) is 0 Å². The van der Waals surface area contributed by atoms with Crippen LogP contribution in [-0.2, 0) is 16.0 Å². The maximum atomic E-state index is 10.2. The third kappa shape index (κ3) is 4.97. The highest BCUT2D eigenvalue weighted by Gasteiger charge is 2.08. The molecule has 0 saturated heterocycles. The van der Waals surface area contributed by atoms with Crippen LogP contribution in [0, 0.1) is 0 Å². The Morgan fingerprint density at radius 1 is 1.35 bits per heavy atom. The molecule has 17 heavy (non-hydrogen) atoms. The van der Waals surface area contributed by atoms with E-state index in [0.29, 0.717) is 0 Å². The number of aliphatic carboxylic acids is 1. The van der Waals surface area contributed by atoms with Gasteiger partial charge in [0.25, 0.3) is 0 Å². The summed E-state index contributed by atoms with van der Waals surface area (Å²) in [6.07, 6.45) is 1.33. The van der Waals surface area contributed by atoms with Gasteiger partial charge in [-0.2, -0.15) is 0 Å². The van der Waals surface area contributed by atoms with E-state index in [1.807, 2.05) is 24.3 Å². The van der Waals surface area contributed by atoms with E-state index in [9.17, 15) is 9.90 Å². The van der Waals surface area contributed by atoms with Crippen LogP contribution in [0.1, 0.15) is 30.6 Å². The number of aliphatic hydroxyl groups excluding tert-OH is 1. The van der Waals surface area contributed by atoms with Crippen molar-refractivity contribution in [3.05, 3.63) is 35.4 Å². The second-order valence-corrected chi connectivity index (χ2v) is 3.92. The van der Waals surface area contributed by atoms with Gasteiger partial charge in [-0.05, 0) is 17.5 Å². The first-order chi connectivity index (χ1) is 8.13. The third-order valence-electron chi connectivity index (χ3n) is 2.40. The zero-order valence-electron chi connectivity index (χ0n) is 9.93. The number of ether oxygens (including phenoxy) is 1. The first kappa shape index (κ1) is 13.7. The predicted molar refractivity (Wildman–Crippen MR) is 63.9 cm³/mol. The first-order valence-corrected chi connectivity index (χ1v) is 5.70. The fraction of sp³-hybridized carbons (Fsp3) is 0.462. The summed E-state index contributed by atoms with van der Waals surface area (Å²) in [5.74, 6) is -1.03. The summed E-state index contributed by atoms with van der Waals surface area (Å²) in [5.41, 5.74) is 1.98. The Bertz CT molecular complexity index is 345. The molecule has 0 radical (unpaired) electrons. The summed E-state index contributed by atoms with van der Waals surface area (Å²) in [4.78, 5) is 10.2. The molecule has 0 heterocycles. The molecule has 1 rings (SSSR count). The van der Waals surface area contributed by atoms with Crippen molar-refractivity contribution in [2.45, 2.75) is 25.9 Å². The summed E-state index contributed by atoms with van der Waals surface area (Å²) in [7, 11) is 0. The second-order valence-electron chi connectivity index (χ2n) is 3.92. The van der Waals surface area contributed by atoms with Crippen molar-refractivity contribution < 1.29 is 19.7 Å². The van der Waals surface area contributed by atoms with Gasteiger partial charge < -0.3 is 14.9 Å². The van der Waals surface area contributed by atoms with Crippen molar-refractivity contribution in [3.8, 4) is 0 Å². The Hall–Kier alpha value is -1.39. The van der Waals surface area contributed by atoms with E-state index in [0.717, 1.165) is 18.4 Å². The Labute approximate surface area is 101 Å². The summed E-state index contributed by atoms with van der Waals surface area (Å²) in [5, 5.41) is 18.1. The van der Waals surface area contributed by atoms with E-state index >= 15 is 0 Å². The second kappa shape index (κ2) is 7.04. The minimum absolute atomic E-state index is 0.000571. The van der Waals surface area contributed by atoms with Crippen LogP contribution in [-0.4, -0.2) is 29.4 Å². The Balaban J connectivity index is 2.45. The van der Waals surface area contributed by atoms with E-state index in [-0.39, 0.29) is 13.2 Å². The van der Waals surface area contributed by atoms with Gasteiger partial charge >= 0.3 is 5.97 Å². The molecule has 94 valence electrons. The van der Waals surface area contributed by atoms with E-state index in [1.54, 1.807) is 0 Å². The molecule has 1 aromatic rings. The highest BCUT2D eigenvalue weighted by molar-refractivity contribution is 5.67. The molecule has 1 aromatic carbocycles. The van der Waals surface area contributed by atoms with Crippen LogP contribution in [0.15, 0.2) is 24.3 Å². The van der Waals surface area contributed by atoms with Gasteiger partial charge in [0.2, 0.25) is 0 Å². The molecule has 0 saturated carbocycles. The van der Waals surface area contributed by atoms with Gasteiger partial charge in [0.1, 0.15) is 12.7 Å². The van der Waals surface area contributed by atoms with Gasteiger partial charge in [0, 0.05) is 0 Å². The molecule has 0 aromatic heterocycles. The van der Waals surface area contributed by atoms with Gasteiger partial charge in [0.15, 0.2) is 0 Å². The van der Waals surface area contributed by atoms with Gasteiger partial charge in [-0.1, -0.05) is 37.6 Å². The van der Waals surface area contributed by atoms with Crippen molar-refractivity contribution in [2.24, 2.45) is 0 Å². The number of carboxylic acid groups (broad SMARTS) is 1. The largest absolute Gasteiger partial charge is 0.480 e. The lowest BCUT2D eigenvalue weighted by Crippen LogP contribution is -2.13. The topological polar surface area (TPSA) is 66.8 Å². The SMILES string of the molecule is CCCc1ccc(C(O)COCC(=O)O)cc1. The van der Waals surface area contributed by atoms with Crippen LogP contribution >= 0.6 is 0 Å². The van der Waals surface area contributed by atoms with E-state index < -0.39 is 12.1 Å². The molecular weight excluding hydrogens is 220 g/mol. The van der Waals surface area contributed by atoms with Gasteiger partial charge in [-0.3, -0.25) is 0 Å². The molecule has 1 atom stereocenters. The summed E-state index contributed by atoms with van der Waals surface area (Å²) in [6, 6.07) is 7.64. The number of hydrogen-bond acceptors (Lipinski definition) is 3. The number of aryl methyl sites for hydroxylation is 1. The number of aliphatic hydroxyl groups is 1. The zero-order valence-corrected chi connectivity index (χ0v) is 9.93. The van der Waals surface area contributed by atoms with E-state index in [4.69, 9.17) is 9.84 Å². The standard InChI is InChI=1S/C13H18O4/c1-2-3-10-4-6-11(7-5-10)12(14)8-17-9-13(15)16/h4-7,12,14H,2-3,8-9H2,1H3,(H,15,16). The molecule has 0 amide bonds. The summed E-state index contributed by atoms with van der Waals surface area (Å²) >= 11 is 0. The van der Waals surface area contributed by atoms with Crippen LogP contribution < -0.4 is 0 Å². The van der Waals surface area contributed by atoms with E-state index in [2.05, 4.69) is 6.92 Å². The molecule has 0 spiro atoms. The van der Waals surface area contributed by atoms with Crippen molar-refractivity contribution >= 4 is 5.97 Å². The molecule has 4 nitrogen and oxygen atoms in total. The number of benzene rings is 1. The third-order valence-corrected chi connectivity index (χ3v) is 2.40. The minimum Gasteiger partial charge on any atom is -0.480 e. The van der Waals surface area contributed by atoms with Crippen LogP contribution in [0.25, 0.3) is 0 Å². The molecule has 1 unspecified atom stereocenters. The van der Waals surface area contributed by atoms with Gasteiger partial charge in [0.05, 0.1) is 6.61 Å². The van der Waals surface area contributed by atoms with Crippen molar-refractivity contribution in [2.75, 3.05) is 13.2 Å². The highest BCUT2D eigenvalue weighted by Crippen LogP contribution is 2.14. The average Bonchev–Trinajstić information content (AvgIpc) is 2.30. The van der Waals surface area contributed by atoms with Crippen LogP contribution in [0.4, 0.5) is 0 Å². The Morgan fingerprint density at radius 3 is 2.53 bits per heavy atom. The first-order valence-electron chi connectivity index (χ1n) is 5.70. The van der Waals surface area contributed by atoms with Crippen LogP contribution in [0.5, 0.6) is 0 Å². The quantitative estimate of drug-likeness (QED) is 0.759. The lowest BCUT2D eigenvalue weighted by molar-refractivity contribution is -0.143. The molecule has 4 heteroatoms. The van der Waals surface area contributed by atoms with E-state index in [1.165, 1.54) is 5.56 Å². The smallest absolute Gasteiger partial charge is 0.329 e. The number of rotatable bonds is 7. The maximum Gasteiger partial charge on any atom is 0.329 e. The van der Waals surface area contributed by atoms with Crippen molar-refractivity contribution in [3.63, 3.8) is 0 Å². The lowest BCUT2D eigenvalue weighted by Gasteiger charge is -2.11. The number of carbonyl (C=O) groups is 1. The Kier molecular flexibility index (Phi) is 5.66. The molecule has 2 N–H and O–H groups in total. The monoisotopic (exact) mass is 238 g/mol. The van der Waals surface area contributed by atoms with Crippen LogP contribution in [0.2, 0.25) is 0 Å². The average molecular weight is 238 g/mol. The normalized spacial score (nSPS) is 12.4. The molecule has 0 fully saturated rings. The number of carboxylic acids is 1. The fourth-order valence-corrected chi connectivity index (χ4v) is 1.55. The maximum absolute atomic E-state index is 10.2. The fourth-order valence-electron chi connectivity index (χ4n) is 1.55. The zero-order chi connectivity index (χ0) is 12.7. The molecule has 0 aliphatic carbocycles.